The van der Waals surface area contributed by atoms with Crippen molar-refractivity contribution in [2.75, 3.05) is 19.7 Å². The lowest BCUT2D eigenvalue weighted by molar-refractivity contribution is 0.0925. The molecule has 1 saturated heterocycles. The fourth-order valence-corrected chi connectivity index (χ4v) is 2.29. The molecule has 1 N–H and O–H groups in total. The molecular weight excluding hydrogens is 245 g/mol. The first kappa shape index (κ1) is 12.2. The molecule has 1 fully saturated rings. The molecule has 0 radical (unpaired) electrons. The van der Waals surface area contributed by atoms with Gasteiger partial charge in [0.15, 0.2) is 0 Å². The summed E-state index contributed by atoms with van der Waals surface area (Å²) >= 11 is 11.9. The number of benzene rings is 1. The van der Waals surface area contributed by atoms with Gasteiger partial charge < -0.3 is 10.1 Å². The second kappa shape index (κ2) is 5.87. The Balaban J connectivity index is 1.80. The van der Waals surface area contributed by atoms with Gasteiger partial charge in [-0.25, -0.2) is 0 Å². The Morgan fingerprint density at radius 3 is 2.94 bits per heavy atom. The topological polar surface area (TPSA) is 21.3 Å². The van der Waals surface area contributed by atoms with E-state index in [0.29, 0.717) is 22.6 Å². The number of halogens is 2. The molecule has 0 spiro atoms. The first-order valence-corrected chi connectivity index (χ1v) is 6.23. The van der Waals surface area contributed by atoms with Gasteiger partial charge in [-0.15, -0.1) is 0 Å². The molecule has 1 aromatic rings. The molecule has 2 nitrogen and oxygen atoms in total. The average Bonchev–Trinajstić information content (AvgIpc) is 2.74. The summed E-state index contributed by atoms with van der Waals surface area (Å²) in [5.41, 5.74) is 0.997. The van der Waals surface area contributed by atoms with Gasteiger partial charge in [0.1, 0.15) is 0 Å². The Labute approximate surface area is 106 Å². The van der Waals surface area contributed by atoms with Crippen LogP contribution in [0, 0.1) is 5.92 Å². The first-order chi connectivity index (χ1) is 7.75. The third-order valence-corrected chi connectivity index (χ3v) is 3.38. The van der Waals surface area contributed by atoms with E-state index in [4.69, 9.17) is 27.9 Å². The number of ether oxygens (including phenoxy) is 1. The van der Waals surface area contributed by atoms with Crippen LogP contribution in [0.25, 0.3) is 0 Å². The highest BCUT2D eigenvalue weighted by atomic mass is 35.5. The molecule has 1 aliphatic rings. The van der Waals surface area contributed by atoms with E-state index in [-0.39, 0.29) is 0 Å². The van der Waals surface area contributed by atoms with Crippen molar-refractivity contribution in [3.63, 3.8) is 0 Å². The minimum atomic E-state index is 0.562. The quantitative estimate of drug-likeness (QED) is 0.898. The van der Waals surface area contributed by atoms with Crippen LogP contribution < -0.4 is 5.32 Å². The predicted octanol–water partition coefficient (Wildman–Crippen LogP) is 3.12. The fraction of sp³-hybridized carbons (Fsp3) is 0.500. The molecule has 0 aromatic heterocycles. The van der Waals surface area contributed by atoms with Crippen molar-refractivity contribution in [3.8, 4) is 0 Å². The van der Waals surface area contributed by atoms with Crippen LogP contribution in [0.15, 0.2) is 18.2 Å². The van der Waals surface area contributed by atoms with Crippen LogP contribution in [-0.2, 0) is 11.3 Å². The smallest absolute Gasteiger partial charge is 0.0731 e. The van der Waals surface area contributed by atoms with Crippen molar-refractivity contribution in [3.05, 3.63) is 33.8 Å². The Morgan fingerprint density at radius 1 is 1.38 bits per heavy atom. The third-order valence-electron chi connectivity index (χ3n) is 2.79. The second-order valence-corrected chi connectivity index (χ2v) is 4.95. The number of hydrogen-bond donors (Lipinski definition) is 1. The summed E-state index contributed by atoms with van der Waals surface area (Å²) in [4.78, 5) is 0. The summed E-state index contributed by atoms with van der Waals surface area (Å²) in [6.07, 6.45) is 1.20. The first-order valence-electron chi connectivity index (χ1n) is 5.48. The monoisotopic (exact) mass is 259 g/mol. The van der Waals surface area contributed by atoms with Crippen LogP contribution >= 0.6 is 23.2 Å². The summed E-state index contributed by atoms with van der Waals surface area (Å²) in [7, 11) is 0. The molecule has 16 heavy (non-hydrogen) atoms. The van der Waals surface area contributed by atoms with Gasteiger partial charge in [-0.2, -0.15) is 0 Å². The lowest BCUT2D eigenvalue weighted by Crippen LogP contribution is -2.13. The lowest BCUT2D eigenvalue weighted by atomic mass is 10.1. The van der Waals surface area contributed by atoms with Gasteiger partial charge in [0.05, 0.1) is 13.2 Å². The highest BCUT2D eigenvalue weighted by molar-refractivity contribution is 6.35. The van der Waals surface area contributed by atoms with Gasteiger partial charge in [0, 0.05) is 16.6 Å². The lowest BCUT2D eigenvalue weighted by Gasteiger charge is -2.10. The van der Waals surface area contributed by atoms with E-state index >= 15 is 0 Å². The van der Waals surface area contributed by atoms with E-state index in [1.807, 2.05) is 12.1 Å². The van der Waals surface area contributed by atoms with Crippen LogP contribution in [0.2, 0.25) is 10.0 Å². The Bertz CT molecular complexity index is 351. The van der Waals surface area contributed by atoms with E-state index in [0.717, 1.165) is 25.3 Å². The number of hydrogen-bond acceptors (Lipinski definition) is 2. The second-order valence-electron chi connectivity index (χ2n) is 4.11. The zero-order valence-corrected chi connectivity index (χ0v) is 10.5. The maximum absolute atomic E-state index is 6.05. The number of nitrogens with one attached hydrogen (secondary N) is 1. The molecule has 0 aliphatic carbocycles. The van der Waals surface area contributed by atoms with Crippen molar-refractivity contribution >= 4 is 23.2 Å². The van der Waals surface area contributed by atoms with Crippen LogP contribution in [0.5, 0.6) is 0 Å². The van der Waals surface area contributed by atoms with Crippen LogP contribution in [0.3, 0.4) is 0 Å². The van der Waals surface area contributed by atoms with Crippen LogP contribution in [0.4, 0.5) is 0 Å². The SMILES string of the molecule is Clc1ccc(COC[C@H]2CCNC2)c(Cl)c1. The third kappa shape index (κ3) is 3.36. The minimum Gasteiger partial charge on any atom is -0.376 e. The van der Waals surface area contributed by atoms with Crippen molar-refractivity contribution in [2.45, 2.75) is 13.0 Å². The number of rotatable bonds is 4. The summed E-state index contributed by atoms with van der Waals surface area (Å²) < 4.78 is 5.66. The summed E-state index contributed by atoms with van der Waals surface area (Å²) in [6, 6.07) is 5.50. The molecule has 1 atom stereocenters. The summed E-state index contributed by atoms with van der Waals surface area (Å²) in [6.45, 7) is 3.53. The molecular formula is C12H15Cl2NO. The van der Waals surface area contributed by atoms with Gasteiger partial charge >= 0.3 is 0 Å². The van der Waals surface area contributed by atoms with Crippen molar-refractivity contribution < 1.29 is 4.74 Å². The zero-order chi connectivity index (χ0) is 11.4. The molecule has 0 unspecified atom stereocenters. The molecule has 88 valence electrons. The maximum Gasteiger partial charge on any atom is 0.0731 e. The highest BCUT2D eigenvalue weighted by Gasteiger charge is 2.14. The molecule has 2 rings (SSSR count). The summed E-state index contributed by atoms with van der Waals surface area (Å²) in [5, 5.41) is 4.66. The largest absolute Gasteiger partial charge is 0.376 e. The van der Waals surface area contributed by atoms with Gasteiger partial charge in [-0.1, -0.05) is 29.3 Å². The van der Waals surface area contributed by atoms with Gasteiger partial charge in [-0.3, -0.25) is 0 Å². The molecule has 0 saturated carbocycles. The van der Waals surface area contributed by atoms with E-state index < -0.39 is 0 Å². The molecule has 4 heteroatoms. The fourth-order valence-electron chi connectivity index (χ4n) is 1.83. The summed E-state index contributed by atoms with van der Waals surface area (Å²) in [5.74, 6) is 0.645. The van der Waals surface area contributed by atoms with Crippen molar-refractivity contribution in [2.24, 2.45) is 5.92 Å². The Kier molecular flexibility index (Phi) is 4.47. The maximum atomic E-state index is 6.05. The van der Waals surface area contributed by atoms with Gasteiger partial charge in [-0.05, 0) is 36.6 Å². The van der Waals surface area contributed by atoms with E-state index in [1.54, 1.807) is 6.07 Å². The van der Waals surface area contributed by atoms with E-state index in [2.05, 4.69) is 5.32 Å². The van der Waals surface area contributed by atoms with Crippen LogP contribution in [0.1, 0.15) is 12.0 Å². The van der Waals surface area contributed by atoms with Crippen molar-refractivity contribution in [1.29, 1.82) is 0 Å². The minimum absolute atomic E-state index is 0.562. The standard InChI is InChI=1S/C12H15Cl2NO/c13-11-2-1-10(12(14)5-11)8-16-7-9-3-4-15-6-9/h1-2,5,9,15H,3-4,6-8H2/t9-/m0/s1. The average molecular weight is 260 g/mol. The van der Waals surface area contributed by atoms with Gasteiger partial charge in [0.25, 0.3) is 0 Å². The molecule has 1 aromatic carbocycles. The van der Waals surface area contributed by atoms with E-state index in [9.17, 15) is 0 Å². The molecule has 0 bridgehead atoms. The normalized spacial score (nSPS) is 20.2. The van der Waals surface area contributed by atoms with Gasteiger partial charge in [0.2, 0.25) is 0 Å². The van der Waals surface area contributed by atoms with Crippen molar-refractivity contribution in [1.82, 2.24) is 5.32 Å². The highest BCUT2D eigenvalue weighted by Crippen LogP contribution is 2.22. The Hall–Kier alpha value is -0.280. The zero-order valence-electron chi connectivity index (χ0n) is 9.01. The molecule has 1 heterocycles. The molecule has 0 amide bonds. The Morgan fingerprint density at radius 2 is 2.25 bits per heavy atom. The molecule has 1 aliphatic heterocycles. The van der Waals surface area contributed by atoms with E-state index in [1.165, 1.54) is 6.42 Å². The van der Waals surface area contributed by atoms with Crippen LogP contribution in [-0.4, -0.2) is 19.7 Å². The predicted molar refractivity (Wildman–Crippen MR) is 67.1 cm³/mol.